The van der Waals surface area contributed by atoms with Gasteiger partial charge in [0, 0.05) is 0 Å². The predicted octanol–water partition coefficient (Wildman–Crippen LogP) is -0.299. The third-order valence-electron chi connectivity index (χ3n) is 2.08. The van der Waals surface area contributed by atoms with Crippen molar-refractivity contribution in [3.05, 3.63) is 23.8 Å². The van der Waals surface area contributed by atoms with E-state index in [4.69, 9.17) is 21.9 Å². The number of carbonyl (C=O) groups excluding carboxylic acids is 1. The highest BCUT2D eigenvalue weighted by Gasteiger charge is 2.10. The Labute approximate surface area is 109 Å². The molecule has 0 aliphatic carbocycles. The Morgan fingerprint density at radius 2 is 1.89 bits per heavy atom. The number of guanidine groups is 2. The van der Waals surface area contributed by atoms with Gasteiger partial charge in [-0.3, -0.25) is 0 Å². The molecule has 1 aromatic carbocycles. The van der Waals surface area contributed by atoms with Gasteiger partial charge in [-0.15, -0.1) is 0 Å². The molecule has 0 atom stereocenters. The maximum Gasteiger partial charge on any atom is 0.337 e. The SMILES string of the molecule is COC(=O)c1ccc(OC)c(N=C(N)N=C(N)N)c1. The maximum atomic E-state index is 11.4. The van der Waals surface area contributed by atoms with Gasteiger partial charge < -0.3 is 26.7 Å². The molecule has 8 nitrogen and oxygen atoms in total. The van der Waals surface area contributed by atoms with Crippen LogP contribution in [0.3, 0.4) is 0 Å². The van der Waals surface area contributed by atoms with Gasteiger partial charge in [0.1, 0.15) is 11.4 Å². The predicted molar refractivity (Wildman–Crippen MR) is 71.4 cm³/mol. The third-order valence-corrected chi connectivity index (χ3v) is 2.08. The Bertz CT molecular complexity index is 535. The number of nitrogens with two attached hydrogens (primary N) is 3. The summed E-state index contributed by atoms with van der Waals surface area (Å²) in [4.78, 5) is 19.0. The van der Waals surface area contributed by atoms with Crippen LogP contribution in [0.1, 0.15) is 10.4 Å². The zero-order valence-electron chi connectivity index (χ0n) is 10.6. The van der Waals surface area contributed by atoms with Gasteiger partial charge in [0.05, 0.1) is 19.8 Å². The summed E-state index contributed by atoms with van der Waals surface area (Å²) in [5, 5.41) is 0. The lowest BCUT2D eigenvalue weighted by Gasteiger charge is -2.06. The van der Waals surface area contributed by atoms with Gasteiger partial charge in [-0.1, -0.05) is 0 Å². The van der Waals surface area contributed by atoms with Crippen molar-refractivity contribution in [1.29, 1.82) is 0 Å². The normalized spacial score (nSPS) is 10.7. The summed E-state index contributed by atoms with van der Waals surface area (Å²) >= 11 is 0. The lowest BCUT2D eigenvalue weighted by Crippen LogP contribution is -2.26. The highest BCUT2D eigenvalue weighted by Crippen LogP contribution is 2.28. The largest absolute Gasteiger partial charge is 0.494 e. The monoisotopic (exact) mass is 265 g/mol. The minimum Gasteiger partial charge on any atom is -0.494 e. The molecular formula is C11H15N5O3. The van der Waals surface area contributed by atoms with Crippen molar-refractivity contribution < 1.29 is 14.3 Å². The van der Waals surface area contributed by atoms with Crippen LogP contribution in [-0.4, -0.2) is 32.1 Å². The van der Waals surface area contributed by atoms with E-state index in [2.05, 4.69) is 14.7 Å². The molecule has 0 aromatic heterocycles. The number of ether oxygens (including phenoxy) is 2. The van der Waals surface area contributed by atoms with E-state index in [1.807, 2.05) is 0 Å². The average Bonchev–Trinajstić information content (AvgIpc) is 2.36. The minimum atomic E-state index is -0.500. The molecule has 8 heteroatoms. The first-order valence-corrected chi connectivity index (χ1v) is 5.18. The number of nitrogens with zero attached hydrogens (tertiary/aromatic N) is 2. The van der Waals surface area contributed by atoms with Crippen molar-refractivity contribution >= 4 is 23.6 Å². The second-order valence-electron chi connectivity index (χ2n) is 3.38. The quantitative estimate of drug-likeness (QED) is 0.389. The lowest BCUT2D eigenvalue weighted by molar-refractivity contribution is 0.0600. The molecule has 0 aliphatic rings. The fourth-order valence-electron chi connectivity index (χ4n) is 1.30. The molecule has 0 aliphatic heterocycles. The van der Waals surface area contributed by atoms with Crippen LogP contribution in [0.5, 0.6) is 5.75 Å². The van der Waals surface area contributed by atoms with Gasteiger partial charge >= 0.3 is 5.97 Å². The van der Waals surface area contributed by atoms with E-state index < -0.39 is 5.97 Å². The highest BCUT2D eigenvalue weighted by atomic mass is 16.5. The lowest BCUT2D eigenvalue weighted by atomic mass is 10.2. The summed E-state index contributed by atoms with van der Waals surface area (Å²) in [6.07, 6.45) is 0. The van der Waals surface area contributed by atoms with Crippen LogP contribution in [0.15, 0.2) is 28.2 Å². The van der Waals surface area contributed by atoms with E-state index in [-0.39, 0.29) is 11.9 Å². The van der Waals surface area contributed by atoms with Crippen molar-refractivity contribution in [2.75, 3.05) is 14.2 Å². The number of hydrogen-bond donors (Lipinski definition) is 3. The van der Waals surface area contributed by atoms with Crippen LogP contribution in [-0.2, 0) is 4.74 Å². The Hall–Kier alpha value is -2.77. The van der Waals surface area contributed by atoms with Crippen LogP contribution >= 0.6 is 0 Å². The smallest absolute Gasteiger partial charge is 0.337 e. The number of benzene rings is 1. The minimum absolute atomic E-state index is 0.152. The average molecular weight is 265 g/mol. The molecule has 0 bridgehead atoms. The molecule has 0 heterocycles. The fourth-order valence-corrected chi connectivity index (χ4v) is 1.30. The second-order valence-corrected chi connectivity index (χ2v) is 3.38. The molecule has 102 valence electrons. The number of hydrogen-bond acceptors (Lipinski definition) is 4. The van der Waals surface area contributed by atoms with Crippen molar-refractivity contribution in [2.45, 2.75) is 0 Å². The number of methoxy groups -OCH3 is 2. The first-order chi connectivity index (χ1) is 8.97. The van der Waals surface area contributed by atoms with Gasteiger partial charge in [-0.25, -0.2) is 9.79 Å². The third kappa shape index (κ3) is 3.87. The fraction of sp³-hybridized carbons (Fsp3) is 0.182. The maximum absolute atomic E-state index is 11.4. The molecule has 1 rings (SSSR count). The molecule has 6 N–H and O–H groups in total. The summed E-state index contributed by atoms with van der Waals surface area (Å²) in [6.45, 7) is 0. The number of rotatable bonds is 3. The second kappa shape index (κ2) is 6.24. The molecule has 1 aromatic rings. The zero-order valence-corrected chi connectivity index (χ0v) is 10.6. The van der Waals surface area contributed by atoms with Gasteiger partial charge in [0.2, 0.25) is 5.96 Å². The van der Waals surface area contributed by atoms with E-state index in [0.717, 1.165) is 0 Å². The van der Waals surface area contributed by atoms with Crippen molar-refractivity contribution in [1.82, 2.24) is 0 Å². The van der Waals surface area contributed by atoms with Crippen LogP contribution < -0.4 is 21.9 Å². The first kappa shape index (κ1) is 14.3. The molecule has 0 spiro atoms. The Morgan fingerprint density at radius 3 is 2.42 bits per heavy atom. The van der Waals surface area contributed by atoms with Crippen LogP contribution in [0.4, 0.5) is 5.69 Å². The Balaban J connectivity index is 3.23. The van der Waals surface area contributed by atoms with E-state index in [9.17, 15) is 4.79 Å². The van der Waals surface area contributed by atoms with Gasteiger partial charge in [-0.05, 0) is 18.2 Å². The molecular weight excluding hydrogens is 250 g/mol. The van der Waals surface area contributed by atoms with E-state index >= 15 is 0 Å². The summed E-state index contributed by atoms with van der Waals surface area (Å²) < 4.78 is 9.70. The highest BCUT2D eigenvalue weighted by molar-refractivity contribution is 5.95. The van der Waals surface area contributed by atoms with Gasteiger partial charge in [0.25, 0.3) is 0 Å². The number of aliphatic imine (C=N–C) groups is 2. The van der Waals surface area contributed by atoms with Crippen molar-refractivity contribution in [2.24, 2.45) is 27.2 Å². The van der Waals surface area contributed by atoms with Crippen LogP contribution in [0.25, 0.3) is 0 Å². The zero-order chi connectivity index (χ0) is 14.4. The molecule has 19 heavy (non-hydrogen) atoms. The molecule has 0 amide bonds. The van der Waals surface area contributed by atoms with E-state index in [0.29, 0.717) is 17.0 Å². The van der Waals surface area contributed by atoms with Crippen molar-refractivity contribution in [3.8, 4) is 5.75 Å². The topological polar surface area (TPSA) is 138 Å². The van der Waals surface area contributed by atoms with E-state index in [1.165, 1.54) is 20.3 Å². The first-order valence-electron chi connectivity index (χ1n) is 5.18. The van der Waals surface area contributed by atoms with Gasteiger partial charge in [0.15, 0.2) is 5.96 Å². The molecule has 0 unspecified atom stereocenters. The van der Waals surface area contributed by atoms with Crippen LogP contribution in [0, 0.1) is 0 Å². The Kier molecular flexibility index (Phi) is 4.69. The standard InChI is InChI=1S/C11H15N5O3/c1-18-8-4-3-6(9(17)19-2)5-7(8)15-11(14)16-10(12)13/h3-5H,1-2H3,(H6,12,13,14,15,16). The molecule has 0 radical (unpaired) electrons. The van der Waals surface area contributed by atoms with Gasteiger partial charge in [-0.2, -0.15) is 4.99 Å². The molecule has 0 saturated heterocycles. The van der Waals surface area contributed by atoms with E-state index in [1.54, 1.807) is 12.1 Å². The summed E-state index contributed by atoms with van der Waals surface area (Å²) in [5.74, 6) is -0.453. The number of carbonyl (C=O) groups is 1. The summed E-state index contributed by atoms with van der Waals surface area (Å²) in [5.41, 5.74) is 16.5. The molecule has 0 saturated carbocycles. The summed E-state index contributed by atoms with van der Waals surface area (Å²) in [6, 6.07) is 4.56. The summed E-state index contributed by atoms with van der Waals surface area (Å²) in [7, 11) is 2.74. The molecule has 0 fully saturated rings. The van der Waals surface area contributed by atoms with Crippen molar-refractivity contribution in [3.63, 3.8) is 0 Å². The Morgan fingerprint density at radius 1 is 1.21 bits per heavy atom. The number of esters is 1. The van der Waals surface area contributed by atoms with Crippen LogP contribution in [0.2, 0.25) is 0 Å².